The van der Waals surface area contributed by atoms with Gasteiger partial charge in [-0.25, -0.2) is 0 Å². The summed E-state index contributed by atoms with van der Waals surface area (Å²) in [6.07, 6.45) is -6.65. The Balaban J connectivity index is 1.98. The molecule has 3 nitrogen and oxygen atoms in total. The molecular weight excluding hydrogens is 571 g/mol. The molecule has 15 heteroatoms. The lowest BCUT2D eigenvalue weighted by Gasteiger charge is -2.66. The molecule has 4 bridgehead atoms. The third kappa shape index (κ3) is 5.85. The van der Waals surface area contributed by atoms with Gasteiger partial charge in [-0.05, 0) is 25.2 Å². The molecule has 0 spiro atoms. The van der Waals surface area contributed by atoms with Gasteiger partial charge in [0.15, 0.2) is 0 Å². The van der Waals surface area contributed by atoms with Gasteiger partial charge in [0, 0.05) is 19.3 Å². The Bertz CT molecular complexity index is 464. The molecule has 25 heavy (non-hydrogen) atoms. The highest BCUT2D eigenvalue weighted by molar-refractivity contribution is 7.63. The standard InChI is InChI=1S/C10H13Cl9O3Si3/c11-23(12,13)20-8-1-7-2-9(4-8,21-24(14,15)16)6-10(3-7,5-8)22-25(17,18)19/h7H,1-6H2. The van der Waals surface area contributed by atoms with Gasteiger partial charge in [-0.1, -0.05) is 99.7 Å². The van der Waals surface area contributed by atoms with Crippen LogP contribution in [0.1, 0.15) is 38.5 Å². The van der Waals surface area contributed by atoms with Crippen LogP contribution < -0.4 is 0 Å². The summed E-state index contributed by atoms with van der Waals surface area (Å²) in [4.78, 5) is 0. The van der Waals surface area contributed by atoms with Crippen molar-refractivity contribution < 1.29 is 13.3 Å². The zero-order valence-electron chi connectivity index (χ0n) is 12.4. The van der Waals surface area contributed by atoms with Crippen LogP contribution in [0.3, 0.4) is 0 Å². The van der Waals surface area contributed by atoms with Crippen molar-refractivity contribution in [3.05, 3.63) is 0 Å². The van der Waals surface area contributed by atoms with Crippen LogP contribution in [0.15, 0.2) is 0 Å². The first-order valence-electron chi connectivity index (χ1n) is 7.33. The summed E-state index contributed by atoms with van der Waals surface area (Å²) in [7, 11) is 0. The molecule has 0 aromatic heterocycles. The Kier molecular flexibility index (Phi) is 6.47. The quantitative estimate of drug-likeness (QED) is 0.257. The van der Waals surface area contributed by atoms with E-state index in [1.807, 2.05) is 0 Å². The third-order valence-electron chi connectivity index (χ3n) is 4.91. The van der Waals surface area contributed by atoms with Crippen LogP contribution in [0, 0.1) is 5.92 Å². The molecule has 0 saturated heterocycles. The highest BCUT2D eigenvalue weighted by Crippen LogP contribution is 2.65. The molecule has 4 saturated carbocycles. The van der Waals surface area contributed by atoms with Gasteiger partial charge in [-0.15, -0.1) is 0 Å². The molecule has 4 rings (SSSR count). The van der Waals surface area contributed by atoms with Gasteiger partial charge in [-0.2, -0.15) is 0 Å². The molecule has 4 fully saturated rings. The van der Waals surface area contributed by atoms with Crippen molar-refractivity contribution in [1.82, 2.24) is 0 Å². The fourth-order valence-corrected chi connectivity index (χ4v) is 11.8. The van der Waals surface area contributed by atoms with Gasteiger partial charge in [0.25, 0.3) is 0 Å². The molecule has 4 aliphatic rings. The summed E-state index contributed by atoms with van der Waals surface area (Å²) in [6, 6.07) is 0. The Labute approximate surface area is 191 Å². The van der Waals surface area contributed by atoms with Crippen molar-refractivity contribution >= 4 is 118 Å². The van der Waals surface area contributed by atoms with E-state index in [-0.39, 0.29) is 5.92 Å². The monoisotopic (exact) mass is 580 g/mol. The number of hydrogen-bond donors (Lipinski definition) is 0. The van der Waals surface area contributed by atoms with Crippen LogP contribution in [0.2, 0.25) is 0 Å². The number of hydrogen-bond acceptors (Lipinski definition) is 3. The summed E-state index contributed by atoms with van der Waals surface area (Å²) in [5, 5.41) is 0. The molecule has 0 N–H and O–H groups in total. The zero-order valence-corrected chi connectivity index (χ0v) is 22.2. The van der Waals surface area contributed by atoms with Gasteiger partial charge in [0.05, 0.1) is 16.8 Å². The maximum atomic E-state index is 6.05. The second kappa shape index (κ2) is 7.09. The van der Waals surface area contributed by atoms with Crippen LogP contribution >= 0.6 is 99.7 Å². The lowest BCUT2D eigenvalue weighted by Crippen LogP contribution is -2.70. The second-order valence-corrected chi connectivity index (χ2v) is 30.1. The Morgan fingerprint density at radius 1 is 0.520 bits per heavy atom. The topological polar surface area (TPSA) is 27.7 Å². The largest absolute Gasteiger partial charge is 0.494 e. The highest BCUT2D eigenvalue weighted by Gasteiger charge is 2.68. The van der Waals surface area contributed by atoms with Crippen LogP contribution in [-0.4, -0.2) is 35.5 Å². The minimum absolute atomic E-state index is 0.181. The van der Waals surface area contributed by atoms with E-state index in [0.717, 1.165) is 0 Å². The smallest absolute Gasteiger partial charge is 0.375 e. The molecule has 4 aliphatic carbocycles. The van der Waals surface area contributed by atoms with E-state index in [2.05, 4.69) is 0 Å². The third-order valence-corrected chi connectivity index (χ3v) is 8.99. The maximum Gasteiger partial charge on any atom is 0.494 e. The van der Waals surface area contributed by atoms with E-state index < -0.39 is 35.5 Å². The van der Waals surface area contributed by atoms with Crippen LogP contribution in [0.25, 0.3) is 0 Å². The minimum Gasteiger partial charge on any atom is -0.375 e. The first-order valence-corrected chi connectivity index (χ1v) is 22.2. The summed E-state index contributed by atoms with van der Waals surface area (Å²) < 4.78 is 17.9. The molecule has 0 aromatic carbocycles. The molecule has 0 heterocycles. The summed E-state index contributed by atoms with van der Waals surface area (Å²) >= 11 is 54.5. The Morgan fingerprint density at radius 2 is 0.760 bits per heavy atom. The normalized spacial score (nSPS) is 41.4. The number of halogens is 9. The summed E-state index contributed by atoms with van der Waals surface area (Å²) in [5.41, 5.74) is -2.23. The van der Waals surface area contributed by atoms with E-state index in [9.17, 15) is 0 Å². The Hall–Kier alpha value is 3.14. The van der Waals surface area contributed by atoms with Crippen molar-refractivity contribution in [2.75, 3.05) is 0 Å². The molecule has 0 aromatic rings. The van der Waals surface area contributed by atoms with E-state index in [0.29, 0.717) is 38.5 Å². The predicted molar refractivity (Wildman–Crippen MR) is 113 cm³/mol. The molecule has 0 amide bonds. The summed E-state index contributed by atoms with van der Waals surface area (Å²) in [6.45, 7) is 0. The Morgan fingerprint density at radius 3 is 0.960 bits per heavy atom. The molecular formula is C10H13Cl9O3Si3. The summed E-state index contributed by atoms with van der Waals surface area (Å²) in [5.74, 6) is 0.181. The molecule has 0 atom stereocenters. The minimum atomic E-state index is -3.40. The molecule has 0 aliphatic heterocycles. The van der Waals surface area contributed by atoms with Gasteiger partial charge in [-0.3, -0.25) is 0 Å². The van der Waals surface area contributed by atoms with Crippen LogP contribution in [0.5, 0.6) is 0 Å². The van der Waals surface area contributed by atoms with Crippen molar-refractivity contribution in [3.8, 4) is 0 Å². The van der Waals surface area contributed by atoms with Gasteiger partial charge < -0.3 is 13.3 Å². The average molecular weight is 585 g/mol. The average Bonchev–Trinajstić information content (AvgIpc) is 2.13. The lowest BCUT2D eigenvalue weighted by molar-refractivity contribution is -0.230. The van der Waals surface area contributed by atoms with Gasteiger partial charge in [0.1, 0.15) is 0 Å². The van der Waals surface area contributed by atoms with Crippen molar-refractivity contribution in [1.29, 1.82) is 0 Å². The van der Waals surface area contributed by atoms with Crippen molar-refractivity contribution in [2.45, 2.75) is 55.3 Å². The molecule has 0 radical (unpaired) electrons. The predicted octanol–water partition coefficient (Wildman–Crippen LogP) is 6.71. The molecule has 0 unspecified atom stereocenters. The van der Waals surface area contributed by atoms with E-state index in [1.54, 1.807) is 0 Å². The van der Waals surface area contributed by atoms with E-state index in [1.165, 1.54) is 0 Å². The SMILES string of the molecule is Cl[Si](Cl)(Cl)OC12CC3CC(O[Si](Cl)(Cl)Cl)(C1)CC(O[Si](Cl)(Cl)Cl)(C3)C2. The van der Waals surface area contributed by atoms with Crippen molar-refractivity contribution in [3.63, 3.8) is 0 Å². The maximum absolute atomic E-state index is 6.05. The van der Waals surface area contributed by atoms with E-state index in [4.69, 9.17) is 113 Å². The first kappa shape index (κ1) is 22.8. The fourth-order valence-electron chi connectivity index (χ4n) is 5.25. The number of rotatable bonds is 6. The van der Waals surface area contributed by atoms with Gasteiger partial charge in [0.2, 0.25) is 0 Å². The first-order chi connectivity index (χ1) is 11.0. The highest BCUT2D eigenvalue weighted by atomic mass is 35.9. The van der Waals surface area contributed by atoms with Crippen molar-refractivity contribution in [2.24, 2.45) is 5.92 Å². The van der Waals surface area contributed by atoms with Crippen LogP contribution in [-0.2, 0) is 13.3 Å². The molecule has 146 valence electrons. The zero-order chi connectivity index (χ0) is 18.9. The van der Waals surface area contributed by atoms with E-state index >= 15 is 0 Å². The lowest BCUT2D eigenvalue weighted by atomic mass is 9.50. The fraction of sp³-hybridized carbons (Fsp3) is 1.00. The van der Waals surface area contributed by atoms with Gasteiger partial charge >= 0.3 is 18.7 Å². The second-order valence-electron chi connectivity index (χ2n) is 7.20. The van der Waals surface area contributed by atoms with Crippen LogP contribution in [0.4, 0.5) is 0 Å².